The second-order valence-corrected chi connectivity index (χ2v) is 5.66. The third-order valence-electron chi connectivity index (χ3n) is 3.18. The van der Waals surface area contributed by atoms with E-state index in [0.717, 1.165) is 0 Å². The van der Waals surface area contributed by atoms with Gasteiger partial charge in [-0.05, 0) is 12.2 Å². The SMILES string of the molecule is CC(=O)O/C1=C/C=C\CC(=O)OCC/C(OC(C)=O)=C\C=C/CC(=O)OCC1. The molecule has 0 amide bonds. The predicted molar refractivity (Wildman–Crippen MR) is 98.4 cm³/mol. The summed E-state index contributed by atoms with van der Waals surface area (Å²) in [6.07, 6.45) is 9.70. The van der Waals surface area contributed by atoms with Crippen LogP contribution in [0.5, 0.6) is 0 Å². The van der Waals surface area contributed by atoms with E-state index in [1.165, 1.54) is 26.0 Å². The lowest BCUT2D eigenvalue weighted by Gasteiger charge is -2.08. The first-order chi connectivity index (χ1) is 13.4. The van der Waals surface area contributed by atoms with E-state index >= 15 is 0 Å². The Hall–Kier alpha value is -3.16. The molecule has 0 atom stereocenters. The molecule has 0 fully saturated rings. The van der Waals surface area contributed by atoms with E-state index in [4.69, 9.17) is 18.9 Å². The molecule has 0 aromatic heterocycles. The number of allylic oxidation sites excluding steroid dienone is 4. The fourth-order valence-corrected chi connectivity index (χ4v) is 2.03. The minimum atomic E-state index is -0.495. The molecular formula is C20H24O8. The molecule has 0 radical (unpaired) electrons. The molecule has 0 aromatic rings. The van der Waals surface area contributed by atoms with Crippen molar-refractivity contribution in [2.75, 3.05) is 13.2 Å². The lowest BCUT2D eigenvalue weighted by atomic mass is 10.3. The van der Waals surface area contributed by atoms with Crippen molar-refractivity contribution in [1.82, 2.24) is 0 Å². The van der Waals surface area contributed by atoms with Gasteiger partial charge in [0.2, 0.25) is 0 Å². The molecule has 8 heteroatoms. The van der Waals surface area contributed by atoms with Crippen molar-refractivity contribution in [2.45, 2.75) is 39.5 Å². The van der Waals surface area contributed by atoms with E-state index in [-0.39, 0.29) is 38.9 Å². The third-order valence-corrected chi connectivity index (χ3v) is 3.18. The number of carbonyl (C=O) groups is 4. The summed E-state index contributed by atoms with van der Waals surface area (Å²) in [5.74, 6) is -1.26. The third kappa shape index (κ3) is 11.5. The summed E-state index contributed by atoms with van der Waals surface area (Å²) >= 11 is 0. The largest absolute Gasteiger partial charge is 0.465 e. The van der Waals surface area contributed by atoms with Gasteiger partial charge >= 0.3 is 23.9 Å². The molecule has 1 aliphatic rings. The molecule has 152 valence electrons. The normalized spacial score (nSPS) is 23.2. The van der Waals surface area contributed by atoms with Crippen LogP contribution in [0.3, 0.4) is 0 Å². The quantitative estimate of drug-likeness (QED) is 0.522. The van der Waals surface area contributed by atoms with Crippen molar-refractivity contribution in [3.63, 3.8) is 0 Å². The van der Waals surface area contributed by atoms with Crippen molar-refractivity contribution >= 4 is 23.9 Å². The first kappa shape index (κ1) is 22.9. The highest BCUT2D eigenvalue weighted by atomic mass is 16.6. The van der Waals surface area contributed by atoms with E-state index in [1.807, 2.05) is 0 Å². The number of carbonyl (C=O) groups excluding carboxylic acids is 4. The highest BCUT2D eigenvalue weighted by Gasteiger charge is 2.07. The summed E-state index contributed by atoms with van der Waals surface area (Å²) in [5.41, 5.74) is 0. The summed E-state index contributed by atoms with van der Waals surface area (Å²) in [7, 11) is 0. The van der Waals surface area contributed by atoms with Gasteiger partial charge in [0.1, 0.15) is 11.5 Å². The summed E-state index contributed by atoms with van der Waals surface area (Å²) < 4.78 is 20.2. The lowest BCUT2D eigenvalue weighted by molar-refractivity contribution is -0.144. The van der Waals surface area contributed by atoms with Crippen LogP contribution >= 0.6 is 0 Å². The van der Waals surface area contributed by atoms with E-state index < -0.39 is 23.9 Å². The van der Waals surface area contributed by atoms with Crippen LogP contribution < -0.4 is 0 Å². The maximum absolute atomic E-state index is 11.7. The number of esters is 4. The average Bonchev–Trinajstić information content (AvgIpc) is 2.60. The van der Waals surface area contributed by atoms with Gasteiger partial charge in [0.15, 0.2) is 0 Å². The Morgan fingerprint density at radius 2 is 1.18 bits per heavy atom. The van der Waals surface area contributed by atoms with Crippen molar-refractivity contribution in [3.05, 3.63) is 48.0 Å². The molecule has 1 heterocycles. The molecule has 0 aromatic carbocycles. The predicted octanol–water partition coefficient (Wildman–Crippen LogP) is 2.65. The van der Waals surface area contributed by atoms with Crippen LogP contribution in [0.15, 0.2) is 48.0 Å². The topological polar surface area (TPSA) is 105 Å². The molecule has 0 spiro atoms. The lowest BCUT2D eigenvalue weighted by Crippen LogP contribution is -2.08. The fourth-order valence-electron chi connectivity index (χ4n) is 2.03. The molecular weight excluding hydrogens is 368 g/mol. The fraction of sp³-hybridized carbons (Fsp3) is 0.400. The van der Waals surface area contributed by atoms with Crippen LogP contribution in [0, 0.1) is 0 Å². The van der Waals surface area contributed by atoms with E-state index in [0.29, 0.717) is 11.5 Å². The van der Waals surface area contributed by atoms with Crippen LogP contribution in [0.25, 0.3) is 0 Å². The maximum Gasteiger partial charge on any atom is 0.309 e. The van der Waals surface area contributed by atoms with Gasteiger partial charge in [0.05, 0.1) is 26.1 Å². The zero-order chi connectivity index (χ0) is 20.8. The molecule has 0 aliphatic carbocycles. The smallest absolute Gasteiger partial charge is 0.309 e. The highest BCUT2D eigenvalue weighted by Crippen LogP contribution is 2.08. The zero-order valence-electron chi connectivity index (χ0n) is 16.0. The van der Waals surface area contributed by atoms with E-state index in [1.54, 1.807) is 24.3 Å². The molecule has 0 N–H and O–H groups in total. The van der Waals surface area contributed by atoms with Crippen molar-refractivity contribution < 1.29 is 38.1 Å². The van der Waals surface area contributed by atoms with Gasteiger partial charge in [-0.15, -0.1) is 0 Å². The van der Waals surface area contributed by atoms with Crippen molar-refractivity contribution in [3.8, 4) is 0 Å². The number of cyclic esters (lactones) is 2. The molecule has 0 saturated carbocycles. The van der Waals surface area contributed by atoms with Crippen LogP contribution in [0.1, 0.15) is 39.5 Å². The minimum Gasteiger partial charge on any atom is -0.465 e. The monoisotopic (exact) mass is 392 g/mol. The Kier molecular flexibility index (Phi) is 10.7. The second kappa shape index (κ2) is 13.1. The Labute approximate surface area is 163 Å². The minimum absolute atomic E-state index is 0.0192. The van der Waals surface area contributed by atoms with Crippen LogP contribution in [-0.4, -0.2) is 37.1 Å². The van der Waals surface area contributed by atoms with Crippen LogP contribution in [0.2, 0.25) is 0 Å². The standard InChI is InChI=1S/C20H24O8/c1-15(21)27-17-7-3-5-9-20(24)26-14-12-18(28-16(2)22)8-4-6-10-19(23)25-13-11-17/h3-8H,9-14H2,1-2H3/b5-3-,6-4-,17-7+,18-8+. The molecule has 0 saturated heterocycles. The van der Waals surface area contributed by atoms with Crippen LogP contribution in [-0.2, 0) is 38.1 Å². The molecule has 0 unspecified atom stereocenters. The second-order valence-electron chi connectivity index (χ2n) is 5.66. The average molecular weight is 392 g/mol. The number of rotatable bonds is 2. The zero-order valence-corrected chi connectivity index (χ0v) is 16.0. The number of ether oxygens (including phenoxy) is 4. The summed E-state index contributed by atoms with van der Waals surface area (Å²) in [4.78, 5) is 45.7. The first-order valence-electron chi connectivity index (χ1n) is 8.76. The van der Waals surface area contributed by atoms with Crippen LogP contribution in [0.4, 0.5) is 0 Å². The Balaban J connectivity index is 2.83. The summed E-state index contributed by atoms with van der Waals surface area (Å²) in [5, 5.41) is 0. The maximum atomic E-state index is 11.7. The molecule has 28 heavy (non-hydrogen) atoms. The first-order valence-corrected chi connectivity index (χ1v) is 8.76. The summed E-state index contributed by atoms with van der Waals surface area (Å²) in [6, 6.07) is 0. The Morgan fingerprint density at radius 1 is 0.786 bits per heavy atom. The number of hydrogen-bond donors (Lipinski definition) is 0. The molecule has 8 nitrogen and oxygen atoms in total. The van der Waals surface area contributed by atoms with Gasteiger partial charge < -0.3 is 18.9 Å². The Morgan fingerprint density at radius 3 is 1.54 bits per heavy atom. The van der Waals surface area contributed by atoms with E-state index in [9.17, 15) is 19.2 Å². The van der Waals surface area contributed by atoms with Gasteiger partial charge in [-0.2, -0.15) is 0 Å². The molecule has 1 aliphatic heterocycles. The van der Waals surface area contributed by atoms with Gasteiger partial charge in [-0.1, -0.05) is 24.3 Å². The van der Waals surface area contributed by atoms with Gasteiger partial charge in [0, 0.05) is 26.7 Å². The van der Waals surface area contributed by atoms with Crippen molar-refractivity contribution in [2.24, 2.45) is 0 Å². The Bertz CT molecular complexity index is 637. The van der Waals surface area contributed by atoms with Gasteiger partial charge in [-0.25, -0.2) is 0 Å². The van der Waals surface area contributed by atoms with Gasteiger partial charge in [0.25, 0.3) is 0 Å². The highest BCUT2D eigenvalue weighted by molar-refractivity contribution is 5.72. The number of hydrogen-bond acceptors (Lipinski definition) is 8. The summed E-state index contributed by atoms with van der Waals surface area (Å²) in [6.45, 7) is 2.61. The van der Waals surface area contributed by atoms with E-state index in [2.05, 4.69) is 0 Å². The molecule has 1 rings (SSSR count). The van der Waals surface area contributed by atoms with Crippen molar-refractivity contribution in [1.29, 1.82) is 0 Å². The molecule has 0 bridgehead atoms. The van der Waals surface area contributed by atoms with Gasteiger partial charge in [-0.3, -0.25) is 19.2 Å².